The Kier molecular flexibility index (Phi) is 4.46. The lowest BCUT2D eigenvalue weighted by Gasteiger charge is -2.12. The summed E-state index contributed by atoms with van der Waals surface area (Å²) in [5.41, 5.74) is 3.87. The largest absolute Gasteiger partial charge is 0.496 e. The average molecular weight is 257 g/mol. The fourth-order valence-corrected chi connectivity index (χ4v) is 2.06. The molecule has 0 aliphatic carbocycles. The predicted molar refractivity (Wildman–Crippen MR) is 64.6 cm³/mol. The van der Waals surface area contributed by atoms with Gasteiger partial charge < -0.3 is 4.74 Å². The van der Waals surface area contributed by atoms with Crippen LogP contribution in [-0.4, -0.2) is 12.4 Å². The van der Waals surface area contributed by atoms with Crippen LogP contribution in [0.15, 0.2) is 12.1 Å². The van der Waals surface area contributed by atoms with Gasteiger partial charge in [-0.25, -0.2) is 0 Å². The van der Waals surface area contributed by atoms with E-state index in [1.54, 1.807) is 7.11 Å². The van der Waals surface area contributed by atoms with Gasteiger partial charge in [-0.15, -0.1) is 0 Å². The van der Waals surface area contributed by atoms with Gasteiger partial charge in [-0.05, 0) is 37.8 Å². The van der Waals surface area contributed by atoms with Crippen molar-refractivity contribution in [1.29, 1.82) is 0 Å². The van der Waals surface area contributed by atoms with Gasteiger partial charge >= 0.3 is 0 Å². The van der Waals surface area contributed by atoms with Crippen molar-refractivity contribution < 1.29 is 4.74 Å². The number of hydrogen-bond donors (Lipinski definition) is 0. The standard InChI is InChI=1S/C12H17BrO/c1-9-7-10(2)12(14-3)11(8-9)5-4-6-13/h7-8H,4-6H2,1-3H3. The minimum Gasteiger partial charge on any atom is -0.496 e. The summed E-state index contributed by atoms with van der Waals surface area (Å²) in [5.74, 6) is 1.05. The third-order valence-electron chi connectivity index (χ3n) is 2.28. The van der Waals surface area contributed by atoms with Crippen molar-refractivity contribution in [2.24, 2.45) is 0 Å². The van der Waals surface area contributed by atoms with Crippen molar-refractivity contribution in [3.05, 3.63) is 28.8 Å². The summed E-state index contributed by atoms with van der Waals surface area (Å²) in [5, 5.41) is 1.04. The second-order valence-electron chi connectivity index (χ2n) is 3.57. The first-order valence-electron chi connectivity index (χ1n) is 4.89. The molecule has 0 atom stereocenters. The Morgan fingerprint density at radius 2 is 2.00 bits per heavy atom. The molecule has 78 valence electrons. The summed E-state index contributed by atoms with van der Waals surface area (Å²) in [6.07, 6.45) is 2.23. The maximum atomic E-state index is 5.41. The van der Waals surface area contributed by atoms with Crippen LogP contribution in [0, 0.1) is 13.8 Å². The Hall–Kier alpha value is -0.500. The van der Waals surface area contributed by atoms with Gasteiger partial charge in [-0.3, -0.25) is 0 Å². The van der Waals surface area contributed by atoms with Crippen molar-refractivity contribution in [3.63, 3.8) is 0 Å². The molecule has 0 aliphatic heterocycles. The smallest absolute Gasteiger partial charge is 0.124 e. The van der Waals surface area contributed by atoms with E-state index in [4.69, 9.17) is 4.74 Å². The highest BCUT2D eigenvalue weighted by molar-refractivity contribution is 9.09. The van der Waals surface area contributed by atoms with E-state index in [0.29, 0.717) is 0 Å². The minimum absolute atomic E-state index is 1.04. The Morgan fingerprint density at radius 1 is 1.29 bits per heavy atom. The lowest BCUT2D eigenvalue weighted by molar-refractivity contribution is 0.406. The molecule has 0 fully saturated rings. The molecule has 1 rings (SSSR count). The quantitative estimate of drug-likeness (QED) is 0.748. The summed E-state index contributed by atoms with van der Waals surface area (Å²) in [7, 11) is 1.75. The Labute approximate surface area is 94.6 Å². The molecule has 0 aromatic heterocycles. The second-order valence-corrected chi connectivity index (χ2v) is 4.36. The number of benzene rings is 1. The summed E-state index contributed by atoms with van der Waals surface area (Å²) >= 11 is 3.45. The van der Waals surface area contributed by atoms with E-state index in [2.05, 4.69) is 41.9 Å². The van der Waals surface area contributed by atoms with Gasteiger partial charge in [0.2, 0.25) is 0 Å². The predicted octanol–water partition coefficient (Wildman–Crippen LogP) is 3.64. The van der Waals surface area contributed by atoms with E-state index >= 15 is 0 Å². The maximum absolute atomic E-state index is 5.41. The number of aryl methyl sites for hydroxylation is 3. The van der Waals surface area contributed by atoms with Crippen LogP contribution in [-0.2, 0) is 6.42 Å². The SMILES string of the molecule is COc1c(C)cc(C)cc1CCCBr. The Morgan fingerprint density at radius 3 is 2.57 bits per heavy atom. The zero-order valence-corrected chi connectivity index (χ0v) is 10.6. The van der Waals surface area contributed by atoms with E-state index < -0.39 is 0 Å². The van der Waals surface area contributed by atoms with Crippen LogP contribution in [0.3, 0.4) is 0 Å². The Bertz CT molecular complexity index is 307. The number of rotatable bonds is 4. The van der Waals surface area contributed by atoms with E-state index in [1.165, 1.54) is 16.7 Å². The zero-order chi connectivity index (χ0) is 10.6. The zero-order valence-electron chi connectivity index (χ0n) is 9.06. The molecule has 0 radical (unpaired) electrons. The number of methoxy groups -OCH3 is 1. The average Bonchev–Trinajstić information content (AvgIpc) is 2.14. The van der Waals surface area contributed by atoms with Crippen molar-refractivity contribution in [2.75, 3.05) is 12.4 Å². The molecule has 0 heterocycles. The minimum atomic E-state index is 1.04. The fourth-order valence-electron chi connectivity index (χ4n) is 1.78. The molecular weight excluding hydrogens is 240 g/mol. The van der Waals surface area contributed by atoms with Crippen LogP contribution in [0.25, 0.3) is 0 Å². The molecule has 0 saturated carbocycles. The lowest BCUT2D eigenvalue weighted by Crippen LogP contribution is -1.96. The molecule has 0 amide bonds. The molecule has 2 heteroatoms. The van der Waals surface area contributed by atoms with Gasteiger partial charge in [0, 0.05) is 5.33 Å². The van der Waals surface area contributed by atoms with Crippen molar-refractivity contribution >= 4 is 15.9 Å². The topological polar surface area (TPSA) is 9.23 Å². The van der Waals surface area contributed by atoms with Gasteiger partial charge in [0.1, 0.15) is 5.75 Å². The third-order valence-corrected chi connectivity index (χ3v) is 2.84. The summed E-state index contributed by atoms with van der Waals surface area (Å²) in [6, 6.07) is 4.38. The molecule has 0 unspecified atom stereocenters. The summed E-state index contributed by atoms with van der Waals surface area (Å²) in [4.78, 5) is 0. The van der Waals surface area contributed by atoms with Crippen molar-refractivity contribution in [3.8, 4) is 5.75 Å². The second kappa shape index (κ2) is 5.40. The first-order valence-corrected chi connectivity index (χ1v) is 6.01. The van der Waals surface area contributed by atoms with E-state index in [1.807, 2.05) is 0 Å². The van der Waals surface area contributed by atoms with Crippen LogP contribution in [0.5, 0.6) is 5.75 Å². The van der Waals surface area contributed by atoms with E-state index in [-0.39, 0.29) is 0 Å². The molecule has 1 aromatic rings. The van der Waals surface area contributed by atoms with Crippen LogP contribution in [0.4, 0.5) is 0 Å². The first-order chi connectivity index (χ1) is 6.69. The monoisotopic (exact) mass is 256 g/mol. The van der Waals surface area contributed by atoms with Gasteiger partial charge in [-0.2, -0.15) is 0 Å². The van der Waals surface area contributed by atoms with Gasteiger partial charge in [-0.1, -0.05) is 33.6 Å². The molecule has 0 saturated heterocycles. The number of alkyl halides is 1. The number of ether oxygens (including phenoxy) is 1. The van der Waals surface area contributed by atoms with E-state index in [9.17, 15) is 0 Å². The van der Waals surface area contributed by atoms with Crippen LogP contribution >= 0.6 is 15.9 Å². The molecule has 0 aliphatic rings. The molecule has 14 heavy (non-hydrogen) atoms. The number of hydrogen-bond acceptors (Lipinski definition) is 1. The van der Waals surface area contributed by atoms with Crippen molar-refractivity contribution in [2.45, 2.75) is 26.7 Å². The highest BCUT2D eigenvalue weighted by Crippen LogP contribution is 2.26. The normalized spacial score (nSPS) is 10.3. The first kappa shape index (κ1) is 11.6. The number of halogens is 1. The Balaban J connectivity index is 2.99. The highest BCUT2D eigenvalue weighted by Gasteiger charge is 2.06. The van der Waals surface area contributed by atoms with Crippen molar-refractivity contribution in [1.82, 2.24) is 0 Å². The lowest BCUT2D eigenvalue weighted by atomic mass is 10.0. The molecule has 0 spiro atoms. The maximum Gasteiger partial charge on any atom is 0.124 e. The molecule has 1 nitrogen and oxygen atoms in total. The van der Waals surface area contributed by atoms with Crippen LogP contribution < -0.4 is 4.74 Å². The summed E-state index contributed by atoms with van der Waals surface area (Å²) in [6.45, 7) is 4.23. The molecule has 1 aromatic carbocycles. The highest BCUT2D eigenvalue weighted by atomic mass is 79.9. The molecular formula is C12H17BrO. The molecule has 0 bridgehead atoms. The van der Waals surface area contributed by atoms with E-state index in [0.717, 1.165) is 23.9 Å². The van der Waals surface area contributed by atoms with Crippen LogP contribution in [0.1, 0.15) is 23.1 Å². The van der Waals surface area contributed by atoms with Gasteiger partial charge in [0.05, 0.1) is 7.11 Å². The fraction of sp³-hybridized carbons (Fsp3) is 0.500. The van der Waals surface area contributed by atoms with Gasteiger partial charge in [0.25, 0.3) is 0 Å². The third kappa shape index (κ3) is 2.74. The molecule has 0 N–H and O–H groups in total. The van der Waals surface area contributed by atoms with Crippen LogP contribution in [0.2, 0.25) is 0 Å². The van der Waals surface area contributed by atoms with Gasteiger partial charge in [0.15, 0.2) is 0 Å². The summed E-state index contributed by atoms with van der Waals surface area (Å²) < 4.78 is 5.41.